The molecule has 0 unspecified atom stereocenters. The third-order valence-corrected chi connectivity index (χ3v) is 19.5. The van der Waals surface area contributed by atoms with Gasteiger partial charge in [-0.3, -0.25) is 4.90 Å². The Morgan fingerprint density at radius 1 is 0.304 bits per heavy atom. The van der Waals surface area contributed by atoms with Gasteiger partial charge in [0.1, 0.15) is 5.82 Å². The summed E-state index contributed by atoms with van der Waals surface area (Å²) < 4.78 is 2.42. The average Bonchev–Trinajstić information content (AvgIpc) is 3.91. The van der Waals surface area contributed by atoms with E-state index in [1.807, 2.05) is 0 Å². The lowest BCUT2D eigenvalue weighted by atomic mass is 9.99. The minimum Gasteiger partial charge on any atom is -0.309 e. The second kappa shape index (κ2) is 15.6. The molecule has 0 bridgehead atoms. The van der Waals surface area contributed by atoms with Gasteiger partial charge in [0.25, 0.3) is 0 Å². The molecule has 0 saturated heterocycles. The molecule has 1 spiro atoms. The summed E-state index contributed by atoms with van der Waals surface area (Å²) >= 11 is 0. The summed E-state index contributed by atoms with van der Waals surface area (Å²) in [4.78, 5) is 7.97. The molecule has 2 aliphatic heterocycles. The summed E-state index contributed by atoms with van der Waals surface area (Å²) in [7, 11) is -2.94. The number of pyridine rings is 1. The zero-order valence-electron chi connectivity index (χ0n) is 37.7. The highest BCUT2D eigenvalue weighted by molar-refractivity contribution is 7.23. The Hall–Kier alpha value is -8.83. The van der Waals surface area contributed by atoms with Gasteiger partial charge in [0.15, 0.2) is 8.07 Å². The van der Waals surface area contributed by atoms with E-state index in [1.165, 1.54) is 87.3 Å². The number of nitrogens with zero attached hydrogens (tertiary/aromatic N) is 3. The molecule has 4 heteroatoms. The number of aromatic nitrogens is 2. The van der Waals surface area contributed by atoms with Crippen molar-refractivity contribution in [3.63, 3.8) is 0 Å². The molecule has 69 heavy (non-hydrogen) atoms. The van der Waals surface area contributed by atoms with Gasteiger partial charge in [0, 0.05) is 33.4 Å². The fourth-order valence-electron chi connectivity index (χ4n) is 11.6. The van der Waals surface area contributed by atoms with Crippen LogP contribution in [0.1, 0.15) is 0 Å². The number of fused-ring (bicyclic) bond motifs is 12. The van der Waals surface area contributed by atoms with E-state index in [2.05, 4.69) is 270 Å². The van der Waals surface area contributed by atoms with Gasteiger partial charge >= 0.3 is 0 Å². The number of para-hydroxylation sites is 3. The van der Waals surface area contributed by atoms with Crippen LogP contribution in [-0.2, 0) is 0 Å². The van der Waals surface area contributed by atoms with Crippen molar-refractivity contribution in [2.24, 2.45) is 0 Å². The predicted octanol–water partition coefficient (Wildman–Crippen LogP) is 14.0. The Kier molecular flexibility index (Phi) is 8.91. The van der Waals surface area contributed by atoms with Gasteiger partial charge in [-0.1, -0.05) is 206 Å². The van der Waals surface area contributed by atoms with Gasteiger partial charge in [-0.25, -0.2) is 4.98 Å². The first-order valence-electron chi connectivity index (χ1n) is 23.8. The number of benzene rings is 10. The fraction of sp³-hybridized carbons (Fsp3) is 0. The number of hydrogen-bond donors (Lipinski definition) is 0. The molecule has 0 N–H and O–H groups in total. The summed E-state index contributed by atoms with van der Waals surface area (Å²) in [5.74, 6) is 0.902. The first-order valence-corrected chi connectivity index (χ1v) is 25.8. The van der Waals surface area contributed by atoms with Crippen LogP contribution in [0, 0.1) is 0 Å². The second-order valence-corrected chi connectivity index (χ2v) is 21.9. The smallest absolute Gasteiger partial charge is 0.185 e. The third kappa shape index (κ3) is 6.02. The molecule has 3 nitrogen and oxygen atoms in total. The Labute approximate surface area is 402 Å². The van der Waals surface area contributed by atoms with Crippen LogP contribution in [-0.4, -0.2) is 17.6 Å². The molecule has 12 aromatic rings. The summed E-state index contributed by atoms with van der Waals surface area (Å²) in [5.41, 5.74) is 17.8. The first kappa shape index (κ1) is 39.3. The molecule has 4 heterocycles. The highest BCUT2D eigenvalue weighted by atomic mass is 28.3. The number of hydrogen-bond acceptors (Lipinski definition) is 2. The van der Waals surface area contributed by atoms with Gasteiger partial charge in [-0.2, -0.15) is 0 Å². The van der Waals surface area contributed by atoms with Crippen molar-refractivity contribution in [3.05, 3.63) is 261 Å². The van der Waals surface area contributed by atoms with Crippen LogP contribution >= 0.6 is 0 Å². The quantitative estimate of drug-likeness (QED) is 0.155. The minimum atomic E-state index is -2.94. The highest BCUT2D eigenvalue weighted by Crippen LogP contribution is 2.44. The molecular weight excluding hydrogens is 851 g/mol. The molecule has 0 aliphatic carbocycles. The van der Waals surface area contributed by atoms with E-state index in [1.54, 1.807) is 0 Å². The van der Waals surface area contributed by atoms with Crippen LogP contribution < -0.4 is 25.6 Å². The second-order valence-electron chi connectivity index (χ2n) is 18.3. The lowest BCUT2D eigenvalue weighted by molar-refractivity contribution is 1.18. The van der Waals surface area contributed by atoms with Crippen LogP contribution in [0.3, 0.4) is 0 Å². The molecule has 322 valence electrons. The monoisotopic (exact) mass is 893 g/mol. The molecule has 2 aromatic heterocycles. The largest absolute Gasteiger partial charge is 0.309 e. The van der Waals surface area contributed by atoms with E-state index >= 15 is 0 Å². The maximum absolute atomic E-state index is 5.53. The summed E-state index contributed by atoms with van der Waals surface area (Å²) in [5, 5.41) is 8.10. The normalized spacial score (nSPS) is 13.0. The van der Waals surface area contributed by atoms with Crippen molar-refractivity contribution in [2.45, 2.75) is 0 Å². The van der Waals surface area contributed by atoms with Crippen LogP contribution in [0.15, 0.2) is 261 Å². The van der Waals surface area contributed by atoms with Gasteiger partial charge in [-0.05, 0) is 120 Å². The maximum atomic E-state index is 5.53. The number of rotatable bonds is 6. The van der Waals surface area contributed by atoms with E-state index in [4.69, 9.17) is 4.98 Å². The molecule has 14 rings (SSSR count). The van der Waals surface area contributed by atoms with Crippen molar-refractivity contribution in [1.82, 2.24) is 9.55 Å². The molecule has 0 amide bonds. The molecule has 0 radical (unpaired) electrons. The molecular formula is C65H43N3Si. The Morgan fingerprint density at radius 3 is 1.52 bits per heavy atom. The summed E-state index contributed by atoms with van der Waals surface area (Å²) in [6, 6.07) is 96.2. The minimum absolute atomic E-state index is 0.902. The van der Waals surface area contributed by atoms with E-state index in [0.717, 1.165) is 33.9 Å². The van der Waals surface area contributed by atoms with Gasteiger partial charge in [-0.15, -0.1) is 0 Å². The van der Waals surface area contributed by atoms with E-state index in [9.17, 15) is 0 Å². The van der Waals surface area contributed by atoms with Crippen molar-refractivity contribution < 1.29 is 0 Å². The topological polar surface area (TPSA) is 21.1 Å². The Balaban J connectivity index is 0.953. The summed E-state index contributed by atoms with van der Waals surface area (Å²) in [6.45, 7) is 0. The van der Waals surface area contributed by atoms with E-state index in [0.29, 0.717) is 0 Å². The van der Waals surface area contributed by atoms with Crippen molar-refractivity contribution in [3.8, 4) is 61.5 Å². The van der Waals surface area contributed by atoms with Crippen LogP contribution in [0.4, 0.5) is 17.2 Å². The lowest BCUT2D eigenvalue weighted by Gasteiger charge is -2.43. The van der Waals surface area contributed by atoms with Crippen LogP contribution in [0.2, 0.25) is 0 Å². The standard InChI is InChI=1S/C65H43N3Si/c1-4-18-44(19-5-1)46-32-36-51(37-33-46)67-57-26-12-10-24-52(57)55-40-48(35-39-58(55)67)49-34-38-54-53-25-11-15-29-61(53)69(64(54)42-49)62-30-16-13-27-59(62)68(60-28-14-17-31-63(60)69)65-43-50(45-20-6-2-7-21-45)41-56(66-65)47-22-8-3-9-23-47/h1-43H. The van der Waals surface area contributed by atoms with Crippen molar-refractivity contribution in [1.29, 1.82) is 0 Å². The number of anilines is 3. The van der Waals surface area contributed by atoms with Gasteiger partial charge in [0.05, 0.1) is 16.7 Å². The van der Waals surface area contributed by atoms with Crippen molar-refractivity contribution in [2.75, 3.05) is 4.90 Å². The molecule has 0 fully saturated rings. The zero-order valence-corrected chi connectivity index (χ0v) is 38.7. The third-order valence-electron chi connectivity index (χ3n) is 14.6. The Bertz CT molecular complexity index is 3850. The van der Waals surface area contributed by atoms with E-state index in [-0.39, 0.29) is 0 Å². The van der Waals surface area contributed by atoms with Crippen molar-refractivity contribution >= 4 is 67.8 Å². The predicted molar refractivity (Wildman–Crippen MR) is 291 cm³/mol. The maximum Gasteiger partial charge on any atom is 0.185 e. The van der Waals surface area contributed by atoms with Gasteiger partial charge in [0.2, 0.25) is 0 Å². The van der Waals surface area contributed by atoms with Gasteiger partial charge < -0.3 is 4.57 Å². The molecule has 0 atom stereocenters. The average molecular weight is 894 g/mol. The first-order chi connectivity index (χ1) is 34.2. The van der Waals surface area contributed by atoms with Crippen LogP contribution in [0.5, 0.6) is 0 Å². The molecule has 0 saturated carbocycles. The van der Waals surface area contributed by atoms with Crippen LogP contribution in [0.25, 0.3) is 83.3 Å². The molecule has 2 aliphatic rings. The zero-order chi connectivity index (χ0) is 45.5. The van der Waals surface area contributed by atoms with E-state index < -0.39 is 8.07 Å². The SMILES string of the molecule is c1ccc(-c2ccc(-n3c4ccccc4c4cc(-c5ccc6c(c5)[Si]5(c7ccccc7-6)c6ccccc6N(c6cc(-c7ccccc7)cc(-c7ccccc7)n6)c6ccccc65)ccc43)cc2)cc1. The lowest BCUT2D eigenvalue weighted by Crippen LogP contribution is -2.75. The Morgan fingerprint density at radius 2 is 0.812 bits per heavy atom. The molecule has 10 aromatic carbocycles. The summed E-state index contributed by atoms with van der Waals surface area (Å²) in [6.07, 6.45) is 0. The fourth-order valence-corrected chi connectivity index (χ4v) is 17.1. The highest BCUT2D eigenvalue weighted by Gasteiger charge is 2.54.